The number of alkyl halides is 1. The number of aromatic amines is 1. The lowest BCUT2D eigenvalue weighted by molar-refractivity contribution is 0.0759. The van der Waals surface area contributed by atoms with E-state index in [2.05, 4.69) is 25.1 Å². The largest absolute Gasteiger partial charge is 0.388 e. The predicted octanol–water partition coefficient (Wildman–Crippen LogP) is 0.372. The fourth-order valence-corrected chi connectivity index (χ4v) is 3.95. The lowest BCUT2D eigenvalue weighted by atomic mass is 10.2. The van der Waals surface area contributed by atoms with Gasteiger partial charge in [-0.3, -0.25) is 9.89 Å². The standard InChI is InChI=1S/C18H20FN7O2/c19-12-8-26(10-15(12)27)18(28)13-9-25-6-5-24(4-2-16(25)22-13)14-1-3-20-17-11(14)7-21-23-17/h1,3,7,9,12,15,27H,2,4-6,8,10H2,(H,20,21,23)/t12-,15-/m1/s1. The number of pyridine rings is 1. The van der Waals surface area contributed by atoms with Gasteiger partial charge >= 0.3 is 0 Å². The van der Waals surface area contributed by atoms with Crippen LogP contribution in [0.1, 0.15) is 16.3 Å². The summed E-state index contributed by atoms with van der Waals surface area (Å²) in [4.78, 5) is 25.0. The number of nitrogens with zero attached hydrogens (tertiary/aromatic N) is 6. The van der Waals surface area contributed by atoms with Crippen molar-refractivity contribution in [3.8, 4) is 0 Å². The lowest BCUT2D eigenvalue weighted by Gasteiger charge is -2.22. The van der Waals surface area contributed by atoms with Gasteiger partial charge in [0.25, 0.3) is 5.91 Å². The second-order valence-electron chi connectivity index (χ2n) is 7.23. The number of nitrogens with one attached hydrogen (secondary N) is 1. The molecule has 0 aromatic carbocycles. The van der Waals surface area contributed by atoms with Crippen LogP contribution >= 0.6 is 0 Å². The van der Waals surface area contributed by atoms with E-state index in [0.29, 0.717) is 18.7 Å². The van der Waals surface area contributed by atoms with Crippen molar-refractivity contribution in [3.63, 3.8) is 0 Å². The van der Waals surface area contributed by atoms with Gasteiger partial charge in [-0.15, -0.1) is 0 Å². The average molecular weight is 385 g/mol. The first-order chi connectivity index (χ1) is 13.6. The molecule has 2 aliphatic rings. The Bertz CT molecular complexity index is 997. The predicted molar refractivity (Wildman–Crippen MR) is 98.8 cm³/mol. The monoisotopic (exact) mass is 385 g/mol. The molecule has 5 rings (SSSR count). The van der Waals surface area contributed by atoms with Crippen LogP contribution in [0.25, 0.3) is 11.0 Å². The Morgan fingerprint density at radius 1 is 1.29 bits per heavy atom. The number of aliphatic hydroxyl groups excluding tert-OH is 1. The van der Waals surface area contributed by atoms with E-state index in [1.807, 2.05) is 10.6 Å². The Hall–Kier alpha value is -3.01. The number of imidazole rings is 1. The van der Waals surface area contributed by atoms with Gasteiger partial charge in [0.15, 0.2) is 5.65 Å². The molecule has 0 unspecified atom stereocenters. The molecule has 0 spiro atoms. The quantitative estimate of drug-likeness (QED) is 0.661. The molecule has 10 heteroatoms. The van der Waals surface area contributed by atoms with E-state index >= 15 is 0 Å². The minimum absolute atomic E-state index is 0.0126. The summed E-state index contributed by atoms with van der Waals surface area (Å²) in [6, 6.07) is 1.98. The first-order valence-corrected chi connectivity index (χ1v) is 9.30. The van der Waals surface area contributed by atoms with Crippen LogP contribution in [0, 0.1) is 0 Å². The van der Waals surface area contributed by atoms with Crippen LogP contribution < -0.4 is 4.90 Å². The summed E-state index contributed by atoms with van der Waals surface area (Å²) in [5, 5.41) is 17.5. The van der Waals surface area contributed by atoms with Gasteiger partial charge in [0, 0.05) is 45.0 Å². The molecule has 2 aliphatic heterocycles. The van der Waals surface area contributed by atoms with Crippen molar-refractivity contribution in [3.05, 3.63) is 36.2 Å². The Morgan fingerprint density at radius 3 is 3.00 bits per heavy atom. The van der Waals surface area contributed by atoms with Gasteiger partial charge in [-0.25, -0.2) is 14.4 Å². The minimum atomic E-state index is -1.39. The number of β-amino-alcohol motifs (C(OH)–C–C–N with tert-alkyl or cyclic N) is 1. The highest BCUT2D eigenvalue weighted by Crippen LogP contribution is 2.25. The number of aromatic nitrogens is 5. The molecule has 9 nitrogen and oxygen atoms in total. The smallest absolute Gasteiger partial charge is 0.274 e. The lowest BCUT2D eigenvalue weighted by Crippen LogP contribution is -2.30. The molecule has 28 heavy (non-hydrogen) atoms. The van der Waals surface area contributed by atoms with Crippen molar-refractivity contribution < 1.29 is 14.3 Å². The highest BCUT2D eigenvalue weighted by atomic mass is 19.1. The first-order valence-electron chi connectivity index (χ1n) is 9.30. The topological polar surface area (TPSA) is 103 Å². The molecule has 3 aromatic rings. The maximum atomic E-state index is 13.5. The number of rotatable bonds is 2. The Morgan fingerprint density at radius 2 is 2.18 bits per heavy atom. The van der Waals surface area contributed by atoms with Crippen LogP contribution in [0.4, 0.5) is 10.1 Å². The van der Waals surface area contributed by atoms with E-state index in [4.69, 9.17) is 0 Å². The molecule has 146 valence electrons. The maximum absolute atomic E-state index is 13.5. The molecule has 0 radical (unpaired) electrons. The number of H-pyrrole nitrogens is 1. The molecule has 1 saturated heterocycles. The van der Waals surface area contributed by atoms with Crippen LogP contribution in [0.3, 0.4) is 0 Å². The second-order valence-corrected chi connectivity index (χ2v) is 7.23. The Kier molecular flexibility index (Phi) is 4.00. The van der Waals surface area contributed by atoms with Gasteiger partial charge in [-0.05, 0) is 6.07 Å². The number of hydrogen-bond acceptors (Lipinski definition) is 6. The summed E-state index contributed by atoms with van der Waals surface area (Å²) in [5.41, 5.74) is 2.14. The third kappa shape index (κ3) is 2.80. The molecule has 2 N–H and O–H groups in total. The molecule has 2 atom stereocenters. The Labute approximate surface area is 159 Å². The SMILES string of the molecule is O=C(c1cn2c(n1)CCN(c1ccnc3[nH]ncc13)CC2)N1C[C@@H](O)[C@H](F)C1. The van der Waals surface area contributed by atoms with Gasteiger partial charge in [0.05, 0.1) is 23.8 Å². The highest BCUT2D eigenvalue weighted by Gasteiger charge is 2.35. The Balaban J connectivity index is 1.34. The zero-order valence-corrected chi connectivity index (χ0v) is 15.1. The number of carbonyl (C=O) groups excluding carboxylic acids is 1. The number of hydrogen-bond donors (Lipinski definition) is 2. The van der Waals surface area contributed by atoms with Gasteiger partial charge < -0.3 is 19.5 Å². The van der Waals surface area contributed by atoms with E-state index < -0.39 is 12.3 Å². The van der Waals surface area contributed by atoms with Gasteiger partial charge in [0.2, 0.25) is 0 Å². The van der Waals surface area contributed by atoms with E-state index in [-0.39, 0.29) is 19.0 Å². The maximum Gasteiger partial charge on any atom is 0.274 e. The molecule has 0 bridgehead atoms. The number of halogens is 1. The number of carbonyl (C=O) groups is 1. The number of anilines is 1. The van der Waals surface area contributed by atoms with Crippen molar-refractivity contribution >= 4 is 22.6 Å². The minimum Gasteiger partial charge on any atom is -0.388 e. The normalized spacial score (nSPS) is 22.5. The zero-order valence-electron chi connectivity index (χ0n) is 15.1. The zero-order chi connectivity index (χ0) is 19.3. The number of fused-ring (bicyclic) bond motifs is 2. The summed E-state index contributed by atoms with van der Waals surface area (Å²) >= 11 is 0. The van der Waals surface area contributed by atoms with Crippen molar-refractivity contribution in [2.24, 2.45) is 0 Å². The fraction of sp³-hybridized carbons (Fsp3) is 0.444. The van der Waals surface area contributed by atoms with Crippen molar-refractivity contribution in [1.29, 1.82) is 0 Å². The van der Waals surface area contributed by atoms with Crippen LogP contribution in [0.2, 0.25) is 0 Å². The number of aliphatic hydroxyl groups is 1. The summed E-state index contributed by atoms with van der Waals surface area (Å²) in [6.45, 7) is 2.13. The molecular weight excluding hydrogens is 365 g/mol. The summed E-state index contributed by atoms with van der Waals surface area (Å²) in [5.74, 6) is 0.505. The van der Waals surface area contributed by atoms with Crippen molar-refractivity contribution in [2.75, 3.05) is 31.1 Å². The van der Waals surface area contributed by atoms with Crippen molar-refractivity contribution in [2.45, 2.75) is 25.2 Å². The van der Waals surface area contributed by atoms with Gasteiger partial charge in [-0.1, -0.05) is 0 Å². The molecule has 1 amide bonds. The first kappa shape index (κ1) is 17.1. The van der Waals surface area contributed by atoms with E-state index in [0.717, 1.165) is 35.6 Å². The highest BCUT2D eigenvalue weighted by molar-refractivity contribution is 5.92. The molecule has 1 fully saturated rings. The number of likely N-dealkylation sites (tertiary alicyclic amines) is 1. The van der Waals surface area contributed by atoms with Gasteiger partial charge in [-0.2, -0.15) is 5.10 Å². The van der Waals surface area contributed by atoms with E-state index in [1.54, 1.807) is 18.6 Å². The van der Waals surface area contributed by atoms with Crippen LogP contribution in [-0.2, 0) is 13.0 Å². The fourth-order valence-electron chi connectivity index (χ4n) is 3.95. The average Bonchev–Trinajstić information content (AvgIpc) is 3.38. The molecule has 0 aliphatic carbocycles. The third-order valence-electron chi connectivity index (χ3n) is 5.47. The third-order valence-corrected chi connectivity index (χ3v) is 5.47. The molecule has 5 heterocycles. The summed E-state index contributed by atoms with van der Waals surface area (Å²) < 4.78 is 15.5. The van der Waals surface area contributed by atoms with Crippen LogP contribution in [0.15, 0.2) is 24.7 Å². The number of amides is 1. The second kappa shape index (κ2) is 6.55. The summed E-state index contributed by atoms with van der Waals surface area (Å²) in [7, 11) is 0. The van der Waals surface area contributed by atoms with Crippen LogP contribution in [-0.4, -0.2) is 79.1 Å². The van der Waals surface area contributed by atoms with E-state index in [9.17, 15) is 14.3 Å². The molecule has 3 aromatic heterocycles. The van der Waals surface area contributed by atoms with E-state index in [1.165, 1.54) is 4.90 Å². The van der Waals surface area contributed by atoms with Gasteiger partial charge in [0.1, 0.15) is 23.8 Å². The van der Waals surface area contributed by atoms with Crippen molar-refractivity contribution in [1.82, 2.24) is 29.6 Å². The van der Waals surface area contributed by atoms with Crippen LogP contribution in [0.5, 0.6) is 0 Å². The summed E-state index contributed by atoms with van der Waals surface area (Å²) in [6.07, 6.45) is 3.46. The molecular formula is C18H20FN7O2. The molecule has 0 saturated carbocycles.